The first-order valence-electron chi connectivity index (χ1n) is 11.0. The van der Waals surface area contributed by atoms with Gasteiger partial charge in [-0.05, 0) is 49.1 Å². The molecule has 0 aliphatic carbocycles. The van der Waals surface area contributed by atoms with Crippen LogP contribution in [0.1, 0.15) is 42.4 Å². The first-order valence-corrected chi connectivity index (χ1v) is 11.0. The molecular formula is C25H31N3O2. The van der Waals surface area contributed by atoms with Crippen molar-refractivity contribution in [2.24, 2.45) is 0 Å². The molecule has 2 aliphatic rings. The third-order valence-corrected chi connectivity index (χ3v) is 6.48. The average molecular weight is 406 g/mol. The number of aliphatic hydroxyl groups is 1. The summed E-state index contributed by atoms with van der Waals surface area (Å²) in [6.07, 6.45) is 10.1. The molecule has 1 N–H and O–H groups in total. The highest BCUT2D eigenvalue weighted by atomic mass is 16.3. The van der Waals surface area contributed by atoms with E-state index >= 15 is 0 Å². The van der Waals surface area contributed by atoms with Gasteiger partial charge in [-0.2, -0.15) is 0 Å². The van der Waals surface area contributed by atoms with Crippen molar-refractivity contribution in [2.45, 2.75) is 44.2 Å². The Labute approximate surface area is 179 Å². The van der Waals surface area contributed by atoms with E-state index in [1.807, 2.05) is 30.0 Å². The minimum Gasteiger partial charge on any atom is -0.395 e. The Morgan fingerprint density at radius 2 is 2.00 bits per heavy atom. The summed E-state index contributed by atoms with van der Waals surface area (Å²) in [6, 6.07) is 12.9. The molecule has 1 amide bonds. The van der Waals surface area contributed by atoms with E-state index in [1.54, 1.807) is 12.4 Å². The lowest BCUT2D eigenvalue weighted by molar-refractivity contribution is -0.135. The molecule has 1 aromatic carbocycles. The van der Waals surface area contributed by atoms with Crippen molar-refractivity contribution >= 4 is 12.0 Å². The lowest BCUT2D eigenvalue weighted by Gasteiger charge is -2.57. The van der Waals surface area contributed by atoms with Crippen molar-refractivity contribution < 1.29 is 9.90 Å². The lowest BCUT2D eigenvalue weighted by atomic mass is 9.74. The van der Waals surface area contributed by atoms with Crippen LogP contribution < -0.4 is 0 Å². The summed E-state index contributed by atoms with van der Waals surface area (Å²) < 4.78 is 0. The summed E-state index contributed by atoms with van der Waals surface area (Å²) in [5, 5.41) is 10.1. The molecule has 0 bridgehead atoms. The molecule has 3 atom stereocenters. The maximum atomic E-state index is 13.0. The van der Waals surface area contributed by atoms with Crippen LogP contribution in [-0.4, -0.2) is 64.1 Å². The fraction of sp³-hybridized carbons (Fsp3) is 0.440. The zero-order chi connectivity index (χ0) is 20.9. The quantitative estimate of drug-likeness (QED) is 0.831. The molecule has 2 aromatic rings. The Morgan fingerprint density at radius 3 is 2.70 bits per heavy atom. The van der Waals surface area contributed by atoms with Gasteiger partial charge in [-0.3, -0.25) is 14.7 Å². The van der Waals surface area contributed by atoms with Crippen molar-refractivity contribution in [3.05, 3.63) is 71.6 Å². The molecule has 2 aliphatic heterocycles. The fourth-order valence-electron chi connectivity index (χ4n) is 4.98. The van der Waals surface area contributed by atoms with Crippen molar-refractivity contribution in [2.75, 3.05) is 26.2 Å². The number of aliphatic hydroxyl groups excluding tert-OH is 1. The lowest BCUT2D eigenvalue weighted by Crippen LogP contribution is -2.68. The molecule has 5 heteroatoms. The number of hydrogen-bond donors (Lipinski definition) is 1. The minimum atomic E-state index is 0.135. The highest BCUT2D eigenvalue weighted by molar-refractivity contribution is 5.78. The average Bonchev–Trinajstić information content (AvgIpc) is 2.74. The van der Waals surface area contributed by atoms with Crippen molar-refractivity contribution in [1.82, 2.24) is 14.8 Å². The van der Waals surface area contributed by atoms with Gasteiger partial charge in [0.1, 0.15) is 0 Å². The van der Waals surface area contributed by atoms with E-state index < -0.39 is 0 Å². The van der Waals surface area contributed by atoms with E-state index in [1.165, 1.54) is 11.1 Å². The highest BCUT2D eigenvalue weighted by Crippen LogP contribution is 2.42. The molecule has 30 heavy (non-hydrogen) atoms. The van der Waals surface area contributed by atoms with Crippen LogP contribution in [0, 0.1) is 0 Å². The first-order chi connectivity index (χ1) is 14.7. The third kappa shape index (κ3) is 4.32. The Bertz CT molecular complexity index is 866. The number of allylic oxidation sites excluding steroid dienone is 1. The number of carbonyl (C=O) groups is 1. The van der Waals surface area contributed by atoms with Crippen LogP contribution in [0.4, 0.5) is 0 Å². The fourth-order valence-corrected chi connectivity index (χ4v) is 4.98. The molecular weight excluding hydrogens is 374 g/mol. The van der Waals surface area contributed by atoms with Gasteiger partial charge in [0.15, 0.2) is 0 Å². The minimum absolute atomic E-state index is 0.135. The van der Waals surface area contributed by atoms with E-state index in [4.69, 9.17) is 0 Å². The number of amides is 1. The van der Waals surface area contributed by atoms with Crippen molar-refractivity contribution in [3.63, 3.8) is 0 Å². The van der Waals surface area contributed by atoms with Gasteiger partial charge in [-0.25, -0.2) is 0 Å². The summed E-state index contributed by atoms with van der Waals surface area (Å²) in [6.45, 7) is 4.69. The zero-order valence-electron chi connectivity index (χ0n) is 17.7. The topological polar surface area (TPSA) is 56.7 Å². The summed E-state index contributed by atoms with van der Waals surface area (Å²) >= 11 is 0. The van der Waals surface area contributed by atoms with Crippen LogP contribution in [-0.2, 0) is 11.2 Å². The third-order valence-electron chi connectivity index (χ3n) is 6.48. The van der Waals surface area contributed by atoms with Crippen LogP contribution in [0.25, 0.3) is 6.08 Å². The van der Waals surface area contributed by atoms with Gasteiger partial charge >= 0.3 is 0 Å². The highest BCUT2D eigenvalue weighted by Gasteiger charge is 2.49. The number of carbonyl (C=O) groups excluding carboxylic acids is 1. The smallest absolute Gasteiger partial charge is 0.227 e. The molecule has 0 radical (unpaired) electrons. The monoisotopic (exact) mass is 405 g/mol. The van der Waals surface area contributed by atoms with E-state index in [9.17, 15) is 9.90 Å². The summed E-state index contributed by atoms with van der Waals surface area (Å²) in [7, 11) is 0. The van der Waals surface area contributed by atoms with Gasteiger partial charge in [0.05, 0.1) is 13.0 Å². The van der Waals surface area contributed by atoms with Crippen LogP contribution in [0.5, 0.6) is 0 Å². The van der Waals surface area contributed by atoms with Crippen molar-refractivity contribution in [1.29, 1.82) is 0 Å². The Morgan fingerprint density at radius 1 is 1.20 bits per heavy atom. The molecule has 0 spiro atoms. The van der Waals surface area contributed by atoms with E-state index in [0.717, 1.165) is 38.0 Å². The summed E-state index contributed by atoms with van der Waals surface area (Å²) in [4.78, 5) is 21.6. The number of aromatic nitrogens is 1. The van der Waals surface area contributed by atoms with Crippen LogP contribution in [0.2, 0.25) is 0 Å². The van der Waals surface area contributed by atoms with E-state index in [0.29, 0.717) is 6.42 Å². The normalized spacial score (nSPS) is 24.7. The number of pyridine rings is 1. The maximum Gasteiger partial charge on any atom is 0.227 e. The summed E-state index contributed by atoms with van der Waals surface area (Å²) in [5.74, 6) is 0.418. The number of rotatable bonds is 5. The molecule has 2 fully saturated rings. The van der Waals surface area contributed by atoms with Crippen molar-refractivity contribution in [3.8, 4) is 0 Å². The van der Waals surface area contributed by atoms with E-state index in [-0.39, 0.29) is 30.5 Å². The number of fused-ring (bicyclic) bond motifs is 1. The molecule has 158 valence electrons. The van der Waals surface area contributed by atoms with E-state index in [2.05, 4.69) is 40.2 Å². The Balaban J connectivity index is 1.52. The second-order valence-electron chi connectivity index (χ2n) is 8.33. The van der Waals surface area contributed by atoms with Crippen LogP contribution in [0.15, 0.2) is 54.9 Å². The second kappa shape index (κ2) is 9.54. The molecule has 3 heterocycles. The standard InChI is InChI=1S/C25H31N3O2/c1-2-6-19-8-10-21(11-9-19)25-22-17-27(13-3-4-14-28(22)23(25)18-29)24(30)15-20-7-5-12-26-16-20/h2,5-12,16,22-23,25,29H,3-4,13-15,17-18H2,1H3/b6-2+/t22-,23-,25+/m1/s1. The zero-order valence-corrected chi connectivity index (χ0v) is 17.7. The molecule has 2 saturated heterocycles. The molecule has 1 aromatic heterocycles. The molecule has 0 saturated carbocycles. The van der Waals surface area contributed by atoms with Gasteiger partial charge in [0.2, 0.25) is 5.91 Å². The van der Waals surface area contributed by atoms with Crippen LogP contribution in [0.3, 0.4) is 0 Å². The second-order valence-corrected chi connectivity index (χ2v) is 8.33. The predicted molar refractivity (Wildman–Crippen MR) is 119 cm³/mol. The Hall–Kier alpha value is -2.50. The number of nitrogens with zero attached hydrogens (tertiary/aromatic N) is 3. The van der Waals surface area contributed by atoms with Gasteiger partial charge < -0.3 is 10.0 Å². The van der Waals surface area contributed by atoms with Gasteiger partial charge in [0.25, 0.3) is 0 Å². The first kappa shape index (κ1) is 20.8. The maximum absolute atomic E-state index is 13.0. The number of benzene rings is 1. The molecule has 4 rings (SSSR count). The summed E-state index contributed by atoms with van der Waals surface area (Å²) in [5.41, 5.74) is 3.40. The Kier molecular flexibility index (Phi) is 6.60. The SMILES string of the molecule is C/C=C/c1ccc([C@@H]2[C@@H](CO)N3CCCCN(C(=O)Cc4cccnc4)C[C@H]23)cc1. The van der Waals surface area contributed by atoms with Gasteiger partial charge in [0, 0.05) is 43.5 Å². The van der Waals surface area contributed by atoms with Gasteiger partial charge in [-0.15, -0.1) is 0 Å². The predicted octanol–water partition coefficient (Wildman–Crippen LogP) is 3.11. The largest absolute Gasteiger partial charge is 0.395 e. The van der Waals surface area contributed by atoms with Gasteiger partial charge in [-0.1, -0.05) is 42.5 Å². The number of hydrogen-bond acceptors (Lipinski definition) is 4. The molecule has 0 unspecified atom stereocenters. The molecule has 5 nitrogen and oxygen atoms in total. The van der Waals surface area contributed by atoms with Crippen LogP contribution >= 0.6 is 0 Å².